The quantitative estimate of drug-likeness (QED) is 0.0384. The number of anilines is 1. The van der Waals surface area contributed by atoms with E-state index in [1.54, 1.807) is 30.3 Å². The maximum Gasteiger partial charge on any atom is 0.426 e. The number of benzene rings is 3. The summed E-state index contributed by atoms with van der Waals surface area (Å²) in [6, 6.07) is 29.1. The molecule has 0 bridgehead atoms. The number of carboxylic acid groups (broad SMARTS) is 1. The minimum Gasteiger partial charge on any atom is -0.465 e. The summed E-state index contributed by atoms with van der Waals surface area (Å²) in [7, 11) is -2.81. The molecule has 2 atom stereocenters. The van der Waals surface area contributed by atoms with Gasteiger partial charge in [0.25, 0.3) is 20.1 Å². The highest BCUT2D eigenvalue weighted by Crippen LogP contribution is 2.48. The molecule has 2 heterocycles. The van der Waals surface area contributed by atoms with Crippen molar-refractivity contribution in [3.63, 3.8) is 0 Å². The van der Waals surface area contributed by atoms with Gasteiger partial charge >= 0.3 is 18.4 Å². The number of ether oxygens (including phenoxy) is 1. The van der Waals surface area contributed by atoms with E-state index in [4.69, 9.17) is 13.6 Å². The lowest BCUT2D eigenvalue weighted by Gasteiger charge is -2.44. The number of unbranched alkanes of at least 4 members (excludes halogenated alkanes) is 3. The highest BCUT2D eigenvalue weighted by atomic mass is 32.2. The normalized spacial score (nSPS) is 14.1. The molecule has 9 nitrogen and oxygen atoms in total. The summed E-state index contributed by atoms with van der Waals surface area (Å²) in [5.74, 6) is -1.73. The van der Waals surface area contributed by atoms with Crippen LogP contribution in [0.2, 0.25) is 5.04 Å². The number of nitrogens with zero attached hydrogens (tertiary/aromatic N) is 3. The average molecular weight is 875 g/mol. The van der Waals surface area contributed by atoms with Crippen molar-refractivity contribution in [3.8, 4) is 11.6 Å². The first-order chi connectivity index (χ1) is 28.3. The van der Waals surface area contributed by atoms with E-state index in [0.29, 0.717) is 49.1 Å². The lowest BCUT2D eigenvalue weighted by atomic mass is 9.94. The zero-order chi connectivity index (χ0) is 43.8. The number of aromatic nitrogens is 3. The Morgan fingerprint density at radius 2 is 1.42 bits per heavy atom. The number of thioether (sulfide) groups is 1. The lowest BCUT2D eigenvalue weighted by Crippen LogP contribution is -2.67. The van der Waals surface area contributed by atoms with Crippen LogP contribution in [0, 0.1) is 0 Å². The third-order valence-corrected chi connectivity index (χ3v) is 16.0. The van der Waals surface area contributed by atoms with Gasteiger partial charge in [0.1, 0.15) is 5.03 Å². The number of nitrogens with one attached hydrogen (secondary N) is 1. The Kier molecular flexibility index (Phi) is 14.9. The number of rotatable bonds is 18. The number of halogens is 6. The first kappa shape index (κ1) is 46.4. The number of hydrogen-bond donors (Lipinski definition) is 2. The fourth-order valence-electron chi connectivity index (χ4n) is 7.29. The van der Waals surface area contributed by atoms with Gasteiger partial charge in [0.05, 0.1) is 17.9 Å². The van der Waals surface area contributed by atoms with E-state index in [0.717, 1.165) is 10.4 Å². The molecule has 0 radical (unpaired) electrons. The molecule has 0 saturated heterocycles. The smallest absolute Gasteiger partial charge is 0.426 e. The second kappa shape index (κ2) is 19.3. The Hall–Kier alpha value is -4.71. The third-order valence-electron chi connectivity index (χ3n) is 10.2. The molecule has 3 aromatic carbocycles. The van der Waals surface area contributed by atoms with Crippen molar-refractivity contribution in [3.05, 3.63) is 114 Å². The van der Waals surface area contributed by atoms with Gasteiger partial charge in [0.2, 0.25) is 5.60 Å². The Labute approximate surface area is 350 Å². The molecule has 5 rings (SSSR count). The Balaban J connectivity index is 1.38. The molecule has 0 saturated carbocycles. The molecule has 0 aliphatic carbocycles. The van der Waals surface area contributed by atoms with Crippen LogP contribution < -0.4 is 15.7 Å². The van der Waals surface area contributed by atoms with Crippen molar-refractivity contribution < 1.29 is 49.8 Å². The Bertz CT molecular complexity index is 2120. The second-order valence-corrected chi connectivity index (χ2v) is 20.5. The van der Waals surface area contributed by atoms with Crippen molar-refractivity contribution in [2.24, 2.45) is 0 Å². The highest BCUT2D eigenvalue weighted by Gasteiger charge is 2.61. The third kappa shape index (κ3) is 10.6. The van der Waals surface area contributed by atoms with Crippen LogP contribution >= 0.6 is 11.8 Å². The zero-order valence-electron chi connectivity index (χ0n) is 33.9. The van der Waals surface area contributed by atoms with Crippen molar-refractivity contribution >= 4 is 42.2 Å². The van der Waals surface area contributed by atoms with Crippen molar-refractivity contribution in [2.45, 2.75) is 107 Å². The summed E-state index contributed by atoms with van der Waals surface area (Å²) in [6.07, 6.45) is -8.95. The summed E-state index contributed by atoms with van der Waals surface area (Å²) in [5, 5.41) is 20.1. The molecule has 2 aromatic heterocycles. The Morgan fingerprint density at radius 1 is 0.850 bits per heavy atom. The maximum atomic E-state index is 15.4. The van der Waals surface area contributed by atoms with E-state index < -0.39 is 79.1 Å². The van der Waals surface area contributed by atoms with Crippen LogP contribution in [0.4, 0.5) is 36.8 Å². The molecule has 17 heteroatoms. The SMILES string of the molecule is CSc1nc(-c2nnc([C@@](CCCCCC[C@@H](C)O[Si](c3ccccc3)(c3ccccc3)C(C)(C)C)(OCc3ccccc3)C(F)(F)F)o2)c(NC(=O)O)cc1C(F)(F)F. The standard InChI is InChI=1S/C43H48F6N4O5SSi/c1-29(58-60(40(2,3)4,31-22-14-9-15-23-31)32-24-16-10-17-25-32)19-11-6-7-18-26-41(43(47,48)49,56-28-30-20-12-8-13-21-30)38-53-52-36(57-38)35-34(50-39(54)55)27-33(42(44,45)46)37(51-35)59-5/h8-10,12-17,20-25,27,29,50H,6-7,11,18-19,26,28H2,1-5H3,(H,54,55)/t29-,41-/m1/s1. The van der Waals surface area contributed by atoms with Crippen molar-refractivity contribution in [1.29, 1.82) is 0 Å². The minimum absolute atomic E-state index is 0.0247. The minimum atomic E-state index is -5.11. The van der Waals surface area contributed by atoms with E-state index in [1.807, 2.05) is 48.6 Å². The summed E-state index contributed by atoms with van der Waals surface area (Å²) in [4.78, 5) is 15.5. The van der Waals surface area contributed by atoms with E-state index >= 15 is 13.2 Å². The zero-order valence-corrected chi connectivity index (χ0v) is 35.7. The monoisotopic (exact) mass is 874 g/mol. The number of pyridine rings is 1. The molecule has 60 heavy (non-hydrogen) atoms. The van der Waals surface area contributed by atoms with Crippen LogP contribution in [0.25, 0.3) is 11.6 Å². The molecule has 2 N–H and O–H groups in total. The first-order valence-electron chi connectivity index (χ1n) is 19.4. The molecule has 0 spiro atoms. The molecule has 322 valence electrons. The molecule has 0 fully saturated rings. The Morgan fingerprint density at radius 3 is 1.93 bits per heavy atom. The van der Waals surface area contributed by atoms with Gasteiger partial charge in [-0.25, -0.2) is 9.78 Å². The van der Waals surface area contributed by atoms with Gasteiger partial charge in [0, 0.05) is 6.10 Å². The second-order valence-electron chi connectivity index (χ2n) is 15.4. The van der Waals surface area contributed by atoms with Gasteiger partial charge in [-0.15, -0.1) is 22.0 Å². The van der Waals surface area contributed by atoms with Crippen LogP contribution in [0.5, 0.6) is 0 Å². The van der Waals surface area contributed by atoms with Crippen LogP contribution in [0.3, 0.4) is 0 Å². The van der Waals surface area contributed by atoms with Crippen LogP contribution in [0.1, 0.15) is 83.2 Å². The number of hydrogen-bond acceptors (Lipinski definition) is 8. The summed E-state index contributed by atoms with van der Waals surface area (Å²) < 4.78 is 106. The van der Waals surface area contributed by atoms with Gasteiger partial charge in [-0.05, 0) is 59.5 Å². The molecule has 0 unspecified atom stereocenters. The summed E-state index contributed by atoms with van der Waals surface area (Å²) in [6.45, 7) is 8.12. The number of carbonyl (C=O) groups is 1. The topological polar surface area (TPSA) is 120 Å². The van der Waals surface area contributed by atoms with Crippen LogP contribution in [-0.4, -0.2) is 53.2 Å². The average Bonchev–Trinajstić information content (AvgIpc) is 3.69. The van der Waals surface area contributed by atoms with E-state index in [-0.39, 0.29) is 17.6 Å². The van der Waals surface area contributed by atoms with Gasteiger partial charge in [0.15, 0.2) is 5.69 Å². The molecular formula is C43H48F6N4O5SSi. The van der Waals surface area contributed by atoms with Gasteiger partial charge in [-0.1, -0.05) is 131 Å². The highest BCUT2D eigenvalue weighted by molar-refractivity contribution is 7.98. The lowest BCUT2D eigenvalue weighted by molar-refractivity contribution is -0.300. The van der Waals surface area contributed by atoms with E-state index in [2.05, 4.69) is 60.2 Å². The largest absolute Gasteiger partial charge is 0.465 e. The van der Waals surface area contributed by atoms with Crippen LogP contribution in [-0.2, 0) is 27.5 Å². The van der Waals surface area contributed by atoms with E-state index in [1.165, 1.54) is 6.26 Å². The maximum absolute atomic E-state index is 15.4. The fourth-order valence-corrected chi connectivity index (χ4v) is 12.6. The van der Waals surface area contributed by atoms with Gasteiger partial charge in [-0.2, -0.15) is 26.3 Å². The molecule has 5 aromatic rings. The molecule has 0 aliphatic heterocycles. The van der Waals surface area contributed by atoms with Gasteiger partial charge in [-0.3, -0.25) is 5.32 Å². The molecule has 1 amide bonds. The summed E-state index contributed by atoms with van der Waals surface area (Å²) >= 11 is 0.595. The number of alkyl halides is 6. The summed E-state index contributed by atoms with van der Waals surface area (Å²) in [5.41, 5.74) is -5.26. The van der Waals surface area contributed by atoms with Crippen molar-refractivity contribution in [2.75, 3.05) is 11.6 Å². The molecule has 0 aliphatic rings. The predicted molar refractivity (Wildman–Crippen MR) is 221 cm³/mol. The number of amides is 1. The first-order valence-corrected chi connectivity index (χ1v) is 22.5. The fraction of sp³-hybridized carbons (Fsp3) is 0.395. The van der Waals surface area contributed by atoms with Crippen molar-refractivity contribution in [1.82, 2.24) is 15.2 Å². The van der Waals surface area contributed by atoms with Gasteiger partial charge < -0.3 is 18.7 Å². The molecular weight excluding hydrogens is 827 g/mol. The van der Waals surface area contributed by atoms with Crippen LogP contribution in [0.15, 0.2) is 107 Å². The predicted octanol–water partition coefficient (Wildman–Crippen LogP) is 11.2. The van der Waals surface area contributed by atoms with E-state index in [9.17, 15) is 23.1 Å².